The molecule has 6 heteroatoms. The predicted octanol–water partition coefficient (Wildman–Crippen LogP) is 3.36. The highest BCUT2D eigenvalue weighted by Crippen LogP contribution is 2.20. The Hall–Kier alpha value is -2.18. The molecule has 1 saturated heterocycles. The summed E-state index contributed by atoms with van der Waals surface area (Å²) in [6.45, 7) is 11.3. The lowest BCUT2D eigenvalue weighted by Crippen LogP contribution is -2.52. The van der Waals surface area contributed by atoms with Crippen LogP contribution < -0.4 is 5.32 Å². The Morgan fingerprint density at radius 1 is 1.13 bits per heavy atom. The number of ether oxygens (including phenoxy) is 1. The molecule has 1 aromatic heterocycles. The molecular weight excluding hydrogens is 376 g/mol. The lowest BCUT2D eigenvalue weighted by atomic mass is 9.92. The highest BCUT2D eigenvalue weighted by atomic mass is 16.5. The number of amides is 1. The molecule has 164 valence electrons. The standard InChI is InChI=1S/C24H36N4O2/c1-4-20(5-2)23(27-12-14-30-15-13-27)17-25-24(29)21-16-26-28(22(21)6-3)18-19-10-8-7-9-11-19/h7-11,16,20,23H,4-6,12-15,17-18H2,1-3H3,(H,25,29). The van der Waals surface area contributed by atoms with Crippen LogP contribution in [0.5, 0.6) is 0 Å². The molecule has 2 aromatic rings. The van der Waals surface area contributed by atoms with Crippen LogP contribution in [0, 0.1) is 5.92 Å². The third kappa shape index (κ3) is 5.49. The highest BCUT2D eigenvalue weighted by Gasteiger charge is 2.28. The van der Waals surface area contributed by atoms with Crippen LogP contribution in [-0.4, -0.2) is 59.5 Å². The summed E-state index contributed by atoms with van der Waals surface area (Å²) in [5, 5.41) is 7.74. The van der Waals surface area contributed by atoms with Gasteiger partial charge in [0.25, 0.3) is 5.91 Å². The molecule has 1 amide bonds. The van der Waals surface area contributed by atoms with E-state index in [0.29, 0.717) is 30.6 Å². The van der Waals surface area contributed by atoms with Gasteiger partial charge in [-0.3, -0.25) is 14.4 Å². The smallest absolute Gasteiger partial charge is 0.254 e. The van der Waals surface area contributed by atoms with Gasteiger partial charge in [-0.2, -0.15) is 5.10 Å². The second kappa shape index (κ2) is 11.3. The maximum Gasteiger partial charge on any atom is 0.254 e. The zero-order valence-electron chi connectivity index (χ0n) is 18.6. The fraction of sp³-hybridized carbons (Fsp3) is 0.583. The first-order valence-corrected chi connectivity index (χ1v) is 11.4. The Morgan fingerprint density at radius 3 is 2.47 bits per heavy atom. The number of carbonyl (C=O) groups is 1. The molecule has 30 heavy (non-hydrogen) atoms. The second-order valence-corrected chi connectivity index (χ2v) is 8.00. The van der Waals surface area contributed by atoms with E-state index in [1.54, 1.807) is 6.20 Å². The van der Waals surface area contributed by atoms with Crippen LogP contribution in [0.25, 0.3) is 0 Å². The molecule has 6 nitrogen and oxygen atoms in total. The van der Waals surface area contributed by atoms with Crippen LogP contribution in [0.2, 0.25) is 0 Å². The van der Waals surface area contributed by atoms with Crippen molar-refractivity contribution in [3.05, 3.63) is 53.3 Å². The average Bonchev–Trinajstić information content (AvgIpc) is 3.20. The maximum absolute atomic E-state index is 13.1. The zero-order chi connectivity index (χ0) is 21.3. The van der Waals surface area contributed by atoms with Gasteiger partial charge in [0.15, 0.2) is 0 Å². The van der Waals surface area contributed by atoms with E-state index in [1.165, 1.54) is 5.56 Å². The van der Waals surface area contributed by atoms with Gasteiger partial charge in [-0.15, -0.1) is 0 Å². The first kappa shape index (κ1) is 22.5. The molecule has 1 aliphatic heterocycles. The van der Waals surface area contributed by atoms with E-state index in [9.17, 15) is 4.79 Å². The number of rotatable bonds is 10. The maximum atomic E-state index is 13.1. The van der Waals surface area contributed by atoms with E-state index in [1.807, 2.05) is 22.9 Å². The number of hydrogen-bond acceptors (Lipinski definition) is 4. The van der Waals surface area contributed by atoms with E-state index in [2.05, 4.69) is 48.2 Å². The van der Waals surface area contributed by atoms with Crippen molar-refractivity contribution < 1.29 is 9.53 Å². The van der Waals surface area contributed by atoms with Crippen LogP contribution in [0.4, 0.5) is 0 Å². The summed E-state index contributed by atoms with van der Waals surface area (Å²) in [6.07, 6.45) is 4.72. The van der Waals surface area contributed by atoms with Gasteiger partial charge in [-0.25, -0.2) is 0 Å². The Bertz CT molecular complexity index is 780. The number of carbonyl (C=O) groups excluding carboxylic acids is 1. The van der Waals surface area contributed by atoms with Crippen molar-refractivity contribution in [1.29, 1.82) is 0 Å². The van der Waals surface area contributed by atoms with Gasteiger partial charge in [-0.05, 0) is 17.9 Å². The molecule has 0 aliphatic carbocycles. The number of hydrogen-bond donors (Lipinski definition) is 1. The summed E-state index contributed by atoms with van der Waals surface area (Å²) in [5.74, 6) is 0.547. The van der Waals surface area contributed by atoms with Gasteiger partial charge in [0.2, 0.25) is 0 Å². The van der Waals surface area contributed by atoms with Crippen molar-refractivity contribution in [2.45, 2.75) is 52.6 Å². The van der Waals surface area contributed by atoms with Crippen molar-refractivity contribution >= 4 is 5.91 Å². The summed E-state index contributed by atoms with van der Waals surface area (Å²) in [6, 6.07) is 10.6. The lowest BCUT2D eigenvalue weighted by molar-refractivity contribution is 0.00191. The summed E-state index contributed by atoms with van der Waals surface area (Å²) in [7, 11) is 0. The molecule has 1 aliphatic rings. The van der Waals surface area contributed by atoms with Crippen molar-refractivity contribution in [2.24, 2.45) is 5.92 Å². The largest absolute Gasteiger partial charge is 0.379 e. The van der Waals surface area contributed by atoms with Crippen LogP contribution in [-0.2, 0) is 17.7 Å². The molecule has 3 rings (SSSR count). The van der Waals surface area contributed by atoms with Gasteiger partial charge in [0.1, 0.15) is 0 Å². The summed E-state index contributed by atoms with van der Waals surface area (Å²) in [5.41, 5.74) is 2.86. The van der Waals surface area contributed by atoms with Gasteiger partial charge >= 0.3 is 0 Å². The summed E-state index contributed by atoms with van der Waals surface area (Å²) >= 11 is 0. The third-order valence-corrected chi connectivity index (χ3v) is 6.28. The lowest BCUT2D eigenvalue weighted by Gasteiger charge is -2.38. The third-order valence-electron chi connectivity index (χ3n) is 6.28. The first-order valence-electron chi connectivity index (χ1n) is 11.4. The average molecular weight is 413 g/mol. The monoisotopic (exact) mass is 412 g/mol. The molecular formula is C24H36N4O2. The van der Waals surface area contributed by atoms with E-state index >= 15 is 0 Å². The van der Waals surface area contributed by atoms with Gasteiger partial charge < -0.3 is 10.1 Å². The summed E-state index contributed by atoms with van der Waals surface area (Å²) < 4.78 is 7.48. The molecule has 2 heterocycles. The Balaban J connectivity index is 1.69. The second-order valence-electron chi connectivity index (χ2n) is 8.00. The van der Waals surface area contributed by atoms with E-state index in [-0.39, 0.29) is 5.91 Å². The van der Waals surface area contributed by atoms with Crippen LogP contribution >= 0.6 is 0 Å². The number of benzene rings is 1. The highest BCUT2D eigenvalue weighted by molar-refractivity contribution is 5.95. The number of aromatic nitrogens is 2. The Morgan fingerprint density at radius 2 is 1.83 bits per heavy atom. The minimum absolute atomic E-state index is 0.0182. The zero-order valence-corrected chi connectivity index (χ0v) is 18.6. The van der Waals surface area contributed by atoms with Crippen molar-refractivity contribution in [1.82, 2.24) is 20.0 Å². The predicted molar refractivity (Wildman–Crippen MR) is 120 cm³/mol. The Kier molecular flexibility index (Phi) is 8.46. The number of morpholine rings is 1. The van der Waals surface area contributed by atoms with Crippen molar-refractivity contribution in [3.8, 4) is 0 Å². The molecule has 0 radical (unpaired) electrons. The topological polar surface area (TPSA) is 59.4 Å². The number of nitrogens with zero attached hydrogens (tertiary/aromatic N) is 3. The SMILES string of the molecule is CCc1c(C(=O)NCC(C(CC)CC)N2CCOCC2)cnn1Cc1ccccc1. The quantitative estimate of drug-likeness (QED) is 0.650. The van der Waals surface area contributed by atoms with Gasteiger partial charge in [-0.1, -0.05) is 63.9 Å². The van der Waals surface area contributed by atoms with Gasteiger partial charge in [0.05, 0.1) is 37.2 Å². The van der Waals surface area contributed by atoms with Crippen molar-refractivity contribution in [2.75, 3.05) is 32.8 Å². The van der Waals surface area contributed by atoms with Crippen LogP contribution in [0.1, 0.15) is 55.2 Å². The molecule has 1 aromatic carbocycles. The normalized spacial score (nSPS) is 16.0. The Labute approximate surface area is 180 Å². The molecule has 1 atom stereocenters. The van der Waals surface area contributed by atoms with Gasteiger partial charge in [0, 0.05) is 25.7 Å². The molecule has 1 unspecified atom stereocenters. The molecule has 1 fully saturated rings. The minimum Gasteiger partial charge on any atom is -0.379 e. The van der Waals surface area contributed by atoms with Crippen molar-refractivity contribution in [3.63, 3.8) is 0 Å². The molecule has 1 N–H and O–H groups in total. The first-order chi connectivity index (χ1) is 14.7. The van der Waals surface area contributed by atoms with E-state index in [4.69, 9.17) is 4.74 Å². The van der Waals surface area contributed by atoms with Crippen LogP contribution in [0.3, 0.4) is 0 Å². The summed E-state index contributed by atoms with van der Waals surface area (Å²) in [4.78, 5) is 15.6. The fourth-order valence-corrected chi connectivity index (χ4v) is 4.49. The minimum atomic E-state index is -0.0182. The van der Waals surface area contributed by atoms with E-state index in [0.717, 1.165) is 51.3 Å². The number of nitrogens with one attached hydrogen (secondary N) is 1. The molecule has 0 saturated carbocycles. The molecule has 0 spiro atoms. The van der Waals surface area contributed by atoms with E-state index < -0.39 is 0 Å². The fourth-order valence-electron chi connectivity index (χ4n) is 4.49. The van der Waals surface area contributed by atoms with Crippen LogP contribution in [0.15, 0.2) is 36.5 Å². The molecule has 0 bridgehead atoms.